The summed E-state index contributed by atoms with van der Waals surface area (Å²) in [6.45, 7) is 1.93. The zero-order chi connectivity index (χ0) is 11.4. The zero-order valence-corrected chi connectivity index (χ0v) is 9.81. The molecule has 5 heteroatoms. The number of anilines is 1. The van der Waals surface area contributed by atoms with Gasteiger partial charge in [-0.15, -0.1) is 0 Å². The fourth-order valence-electron chi connectivity index (χ4n) is 1.49. The van der Waals surface area contributed by atoms with Crippen molar-refractivity contribution in [3.8, 4) is 5.88 Å². The third-order valence-electron chi connectivity index (χ3n) is 2.69. The highest BCUT2D eigenvalue weighted by Crippen LogP contribution is 2.18. The van der Waals surface area contributed by atoms with E-state index >= 15 is 0 Å². The minimum atomic E-state index is 0.604. The molecule has 1 N–H and O–H groups in total. The highest BCUT2D eigenvalue weighted by molar-refractivity contribution is 5.39. The monoisotopic (exact) mass is 222 g/mol. The van der Waals surface area contributed by atoms with E-state index < -0.39 is 0 Å². The fraction of sp³-hybridized carbons (Fsp3) is 0.636. The van der Waals surface area contributed by atoms with Crippen molar-refractivity contribution < 1.29 is 4.74 Å². The van der Waals surface area contributed by atoms with Gasteiger partial charge in [0.15, 0.2) is 0 Å². The fourth-order valence-corrected chi connectivity index (χ4v) is 1.49. The molecule has 1 aliphatic rings. The van der Waals surface area contributed by atoms with Crippen molar-refractivity contribution in [1.82, 2.24) is 15.3 Å². The lowest BCUT2D eigenvalue weighted by atomic mass is 10.4. The van der Waals surface area contributed by atoms with E-state index in [2.05, 4.69) is 20.2 Å². The number of ether oxygens (including phenoxy) is 1. The smallest absolute Gasteiger partial charge is 0.218 e. The topological polar surface area (TPSA) is 50.3 Å². The lowest BCUT2D eigenvalue weighted by Crippen LogP contribution is -2.30. The van der Waals surface area contributed by atoms with Crippen molar-refractivity contribution in [3.05, 3.63) is 12.4 Å². The quantitative estimate of drug-likeness (QED) is 0.767. The summed E-state index contributed by atoms with van der Waals surface area (Å²) in [4.78, 5) is 10.3. The van der Waals surface area contributed by atoms with Crippen LogP contribution in [0.1, 0.15) is 12.8 Å². The Morgan fingerprint density at radius 3 is 3.00 bits per heavy atom. The summed E-state index contributed by atoms with van der Waals surface area (Å²) in [5.41, 5.74) is 0. The molecular formula is C11H18N4O. The van der Waals surface area contributed by atoms with Gasteiger partial charge in [-0.3, -0.25) is 0 Å². The van der Waals surface area contributed by atoms with Gasteiger partial charge < -0.3 is 15.0 Å². The molecule has 1 heterocycles. The van der Waals surface area contributed by atoms with Crippen LogP contribution >= 0.6 is 0 Å². The summed E-state index contributed by atoms with van der Waals surface area (Å²) in [5.74, 6) is 1.50. The first-order valence-corrected chi connectivity index (χ1v) is 5.60. The number of nitrogens with zero attached hydrogens (tertiary/aromatic N) is 3. The van der Waals surface area contributed by atoms with E-state index in [-0.39, 0.29) is 0 Å². The van der Waals surface area contributed by atoms with E-state index in [0.717, 1.165) is 24.9 Å². The first-order chi connectivity index (χ1) is 7.79. The highest BCUT2D eigenvalue weighted by Gasteiger charge is 2.19. The van der Waals surface area contributed by atoms with Crippen molar-refractivity contribution in [2.45, 2.75) is 18.9 Å². The third kappa shape index (κ3) is 3.06. The van der Waals surface area contributed by atoms with Crippen LogP contribution in [0, 0.1) is 0 Å². The van der Waals surface area contributed by atoms with E-state index in [1.54, 1.807) is 7.11 Å². The lowest BCUT2D eigenvalue weighted by molar-refractivity contribution is 0.397. The van der Waals surface area contributed by atoms with E-state index in [1.165, 1.54) is 19.2 Å². The minimum Gasteiger partial charge on any atom is -0.481 e. The maximum Gasteiger partial charge on any atom is 0.218 e. The average molecular weight is 222 g/mol. The number of aromatic nitrogens is 2. The predicted octanol–water partition coefficient (Wildman–Crippen LogP) is 0.673. The van der Waals surface area contributed by atoms with Crippen LogP contribution in [0.5, 0.6) is 5.88 Å². The molecule has 2 rings (SSSR count). The largest absolute Gasteiger partial charge is 0.481 e. The molecule has 0 amide bonds. The van der Waals surface area contributed by atoms with Gasteiger partial charge in [-0.25, -0.2) is 9.97 Å². The second-order valence-corrected chi connectivity index (χ2v) is 4.07. The molecule has 0 atom stereocenters. The normalized spacial score (nSPS) is 14.9. The summed E-state index contributed by atoms with van der Waals surface area (Å²) in [5, 5.41) is 3.47. The first kappa shape index (κ1) is 11.1. The summed E-state index contributed by atoms with van der Waals surface area (Å²) in [6, 6.07) is 2.60. The van der Waals surface area contributed by atoms with Crippen LogP contribution in [0.25, 0.3) is 0 Å². The van der Waals surface area contributed by atoms with Gasteiger partial charge in [0.25, 0.3) is 0 Å². The van der Waals surface area contributed by atoms with Gasteiger partial charge in [0.1, 0.15) is 12.1 Å². The van der Waals surface area contributed by atoms with Crippen LogP contribution in [-0.2, 0) is 0 Å². The molecule has 0 unspecified atom stereocenters. The second-order valence-electron chi connectivity index (χ2n) is 4.07. The SMILES string of the molecule is COc1cc(N(C)CCNC2CC2)ncn1. The number of methoxy groups -OCH3 is 1. The van der Waals surface area contributed by atoms with Gasteiger partial charge in [0.2, 0.25) is 5.88 Å². The Hall–Kier alpha value is -1.36. The van der Waals surface area contributed by atoms with E-state index in [9.17, 15) is 0 Å². The zero-order valence-electron chi connectivity index (χ0n) is 9.81. The maximum absolute atomic E-state index is 5.06. The molecule has 1 saturated carbocycles. The van der Waals surface area contributed by atoms with Crippen LogP contribution in [0.15, 0.2) is 12.4 Å². The average Bonchev–Trinajstić information content (AvgIpc) is 3.13. The van der Waals surface area contributed by atoms with E-state index in [0.29, 0.717) is 5.88 Å². The molecule has 5 nitrogen and oxygen atoms in total. The molecule has 1 fully saturated rings. The minimum absolute atomic E-state index is 0.604. The van der Waals surface area contributed by atoms with E-state index in [4.69, 9.17) is 4.74 Å². The Labute approximate surface area is 95.8 Å². The van der Waals surface area contributed by atoms with Crippen molar-refractivity contribution in [3.63, 3.8) is 0 Å². The molecule has 16 heavy (non-hydrogen) atoms. The maximum atomic E-state index is 5.06. The van der Waals surface area contributed by atoms with Crippen molar-refractivity contribution in [2.24, 2.45) is 0 Å². The van der Waals surface area contributed by atoms with Gasteiger partial charge >= 0.3 is 0 Å². The Morgan fingerprint density at radius 2 is 2.31 bits per heavy atom. The van der Waals surface area contributed by atoms with Gasteiger partial charge in [0, 0.05) is 32.2 Å². The van der Waals surface area contributed by atoms with Gasteiger partial charge in [-0.1, -0.05) is 0 Å². The van der Waals surface area contributed by atoms with Crippen LogP contribution in [0.3, 0.4) is 0 Å². The van der Waals surface area contributed by atoms with Crippen LogP contribution in [-0.4, -0.2) is 43.3 Å². The second kappa shape index (κ2) is 5.12. The summed E-state index contributed by atoms with van der Waals surface area (Å²) in [6.07, 6.45) is 4.18. The molecule has 0 saturated heterocycles. The molecular weight excluding hydrogens is 204 g/mol. The summed E-state index contributed by atoms with van der Waals surface area (Å²) in [7, 11) is 3.64. The Morgan fingerprint density at radius 1 is 1.50 bits per heavy atom. The van der Waals surface area contributed by atoms with Gasteiger partial charge in [-0.2, -0.15) is 0 Å². The molecule has 88 valence electrons. The summed E-state index contributed by atoms with van der Waals surface area (Å²) >= 11 is 0. The molecule has 0 aromatic carbocycles. The Balaban J connectivity index is 1.83. The number of hydrogen-bond acceptors (Lipinski definition) is 5. The molecule has 0 spiro atoms. The van der Waals surface area contributed by atoms with Crippen molar-refractivity contribution in [1.29, 1.82) is 0 Å². The van der Waals surface area contributed by atoms with E-state index in [1.807, 2.05) is 13.1 Å². The van der Waals surface area contributed by atoms with Crippen LogP contribution in [0.2, 0.25) is 0 Å². The Kier molecular flexibility index (Phi) is 3.56. The number of rotatable bonds is 6. The first-order valence-electron chi connectivity index (χ1n) is 5.60. The highest BCUT2D eigenvalue weighted by atomic mass is 16.5. The van der Waals surface area contributed by atoms with Crippen LogP contribution < -0.4 is 15.0 Å². The molecule has 1 aromatic heterocycles. The molecule has 0 radical (unpaired) electrons. The molecule has 1 aromatic rings. The molecule has 0 bridgehead atoms. The van der Waals surface area contributed by atoms with Crippen molar-refractivity contribution >= 4 is 5.82 Å². The van der Waals surface area contributed by atoms with Gasteiger partial charge in [-0.05, 0) is 12.8 Å². The summed E-state index contributed by atoms with van der Waals surface area (Å²) < 4.78 is 5.06. The van der Waals surface area contributed by atoms with Gasteiger partial charge in [0.05, 0.1) is 7.11 Å². The predicted molar refractivity (Wildman–Crippen MR) is 62.9 cm³/mol. The van der Waals surface area contributed by atoms with Crippen LogP contribution in [0.4, 0.5) is 5.82 Å². The van der Waals surface area contributed by atoms with Crippen molar-refractivity contribution in [2.75, 3.05) is 32.1 Å². The molecule has 0 aliphatic heterocycles. The number of hydrogen-bond donors (Lipinski definition) is 1. The molecule has 1 aliphatic carbocycles. The lowest BCUT2D eigenvalue weighted by Gasteiger charge is -2.18. The Bertz CT molecular complexity index is 341. The number of likely N-dealkylation sites (N-methyl/N-ethyl adjacent to an activating group) is 1. The number of nitrogens with one attached hydrogen (secondary N) is 1. The standard InChI is InChI=1S/C11H18N4O/c1-15(6-5-12-9-3-4-9)10-7-11(16-2)14-8-13-10/h7-9,12H,3-6H2,1-2H3. The third-order valence-corrected chi connectivity index (χ3v) is 2.69.